The van der Waals surface area contributed by atoms with Crippen molar-refractivity contribution in [1.29, 1.82) is 0 Å². The maximum Gasteiger partial charge on any atom is 0.416 e. The number of benzene rings is 3. The Balaban J connectivity index is 0.000000130. The Morgan fingerprint density at radius 3 is 1.04 bits per heavy atom. The van der Waals surface area contributed by atoms with E-state index in [1.807, 2.05) is 61.2 Å². The molecule has 4 saturated heterocycles. The smallest absolute Gasteiger partial charge is 0.416 e. The van der Waals surface area contributed by atoms with E-state index in [4.69, 9.17) is 39.6 Å². The van der Waals surface area contributed by atoms with Crippen molar-refractivity contribution in [3.8, 4) is 56.8 Å². The second-order valence-electron chi connectivity index (χ2n) is 35.6. The second kappa shape index (κ2) is 41.6. The number of carbonyl (C=O) groups excluding carboxylic acids is 4. The summed E-state index contributed by atoms with van der Waals surface area (Å²) in [6.07, 6.45) is -1.80. The number of aryl methyl sites for hydroxylation is 5. The minimum atomic E-state index is -4.49. The van der Waals surface area contributed by atoms with Crippen LogP contribution in [0.1, 0.15) is 96.0 Å². The number of amides is 8. The van der Waals surface area contributed by atoms with Crippen LogP contribution in [0.5, 0.6) is 11.8 Å². The van der Waals surface area contributed by atoms with Gasteiger partial charge >= 0.3 is 42.7 Å². The van der Waals surface area contributed by atoms with Gasteiger partial charge in [0.2, 0.25) is 11.8 Å². The molecule has 0 saturated carbocycles. The molecule has 8 N–H and O–H groups in total. The summed E-state index contributed by atoms with van der Waals surface area (Å²) in [5, 5.41) is 48.3. The van der Waals surface area contributed by atoms with Crippen molar-refractivity contribution in [2.45, 2.75) is 141 Å². The fraction of sp³-hybridized carbons (Fsp3) is 0.337. The molecule has 9 aromatic heterocycles. The van der Waals surface area contributed by atoms with Gasteiger partial charge in [-0.1, -0.05) is 54.6 Å². The topological polar surface area (TPSA) is 358 Å². The highest BCUT2D eigenvalue weighted by atomic mass is 19.4. The lowest BCUT2D eigenvalue weighted by Gasteiger charge is -2.46. The monoisotopic (exact) mass is 1940 g/mol. The van der Waals surface area contributed by atoms with Crippen molar-refractivity contribution in [1.82, 2.24) is 44.9 Å². The summed E-state index contributed by atoms with van der Waals surface area (Å²) < 4.78 is 131. The van der Waals surface area contributed by atoms with Gasteiger partial charge in [0.05, 0.1) is 111 Å². The number of nitrogens with one attached hydrogen (secondary N) is 4. The number of nitrogens with zero attached hydrogens (tertiary/aromatic N) is 17. The van der Waals surface area contributed by atoms with Crippen LogP contribution >= 0.6 is 0 Å². The Morgan fingerprint density at radius 1 is 0.376 bits per heavy atom. The molecular formula is C101H102F9N21O10. The van der Waals surface area contributed by atoms with Gasteiger partial charge < -0.3 is 54.8 Å². The normalized spacial score (nSPS) is 17.5. The second-order valence-corrected chi connectivity index (χ2v) is 35.6. The van der Waals surface area contributed by atoms with E-state index in [0.717, 1.165) is 177 Å². The number of piperidine rings is 4. The number of aliphatic hydroxyl groups excluding tert-OH is 4. The zero-order chi connectivity index (χ0) is 99.3. The van der Waals surface area contributed by atoms with Gasteiger partial charge in [0, 0.05) is 111 Å². The number of alkyl halides is 9. The molecular weight excluding hydrogens is 1840 g/mol. The molecule has 31 nitrogen and oxygen atoms in total. The third kappa shape index (κ3) is 22.1. The Kier molecular flexibility index (Phi) is 28.9. The number of fused-ring (bicyclic) bond motifs is 16. The fourth-order valence-corrected chi connectivity index (χ4v) is 18.8. The van der Waals surface area contributed by atoms with Gasteiger partial charge in [-0.3, -0.25) is 45.5 Å². The molecule has 141 heavy (non-hydrogen) atoms. The molecule has 0 spiro atoms. The highest BCUT2D eigenvalue weighted by Crippen LogP contribution is 2.48. The highest BCUT2D eigenvalue weighted by Gasteiger charge is 2.45. The lowest BCUT2D eigenvalue weighted by molar-refractivity contribution is -0.138. The molecule has 0 unspecified atom stereocenters. The van der Waals surface area contributed by atoms with Gasteiger partial charge in [-0.05, 0) is 217 Å². The van der Waals surface area contributed by atoms with Gasteiger partial charge in [0.25, 0.3) is 0 Å². The van der Waals surface area contributed by atoms with E-state index in [1.165, 1.54) is 18.2 Å². The van der Waals surface area contributed by atoms with Gasteiger partial charge in [-0.25, -0.2) is 44.1 Å². The lowest BCUT2D eigenvalue weighted by Crippen LogP contribution is -2.56. The molecule has 8 aliphatic heterocycles. The van der Waals surface area contributed by atoms with Crippen molar-refractivity contribution in [3.63, 3.8) is 0 Å². The predicted molar refractivity (Wildman–Crippen MR) is 516 cm³/mol. The molecule has 734 valence electrons. The number of carbonyl (C=O) groups is 4. The molecule has 17 heterocycles. The molecule has 12 aromatic rings. The van der Waals surface area contributed by atoms with Crippen LogP contribution in [0.15, 0.2) is 201 Å². The lowest BCUT2D eigenvalue weighted by atomic mass is 9.97. The summed E-state index contributed by atoms with van der Waals surface area (Å²) in [5.74, 6) is 3.08. The van der Waals surface area contributed by atoms with E-state index in [0.29, 0.717) is 93.5 Å². The minimum absolute atomic E-state index is 0.0838. The first-order chi connectivity index (χ1) is 67.7. The first-order valence-electron chi connectivity index (χ1n) is 46.2. The van der Waals surface area contributed by atoms with Crippen molar-refractivity contribution in [2.24, 2.45) is 0 Å². The average molecular weight is 1940 g/mol. The van der Waals surface area contributed by atoms with Crippen LogP contribution in [-0.2, 0) is 18.5 Å². The zero-order valence-corrected chi connectivity index (χ0v) is 77.4. The zero-order valence-electron chi connectivity index (χ0n) is 77.4. The van der Waals surface area contributed by atoms with Crippen molar-refractivity contribution < 1.29 is 88.6 Å². The van der Waals surface area contributed by atoms with Gasteiger partial charge in [-0.15, -0.1) is 0 Å². The number of urea groups is 4. The molecule has 8 aliphatic rings. The number of aromatic nitrogens is 9. The van der Waals surface area contributed by atoms with E-state index < -0.39 is 72.7 Å². The Labute approximate surface area is 805 Å². The number of rotatable bonds is 16. The van der Waals surface area contributed by atoms with Crippen molar-refractivity contribution in [2.75, 3.05) is 139 Å². The number of hydrogen-bond acceptors (Lipinski definition) is 23. The highest BCUT2D eigenvalue weighted by molar-refractivity contribution is 6.08. The molecule has 20 rings (SSSR count). The Hall–Kier alpha value is -14.9. The summed E-state index contributed by atoms with van der Waals surface area (Å²) in [6.45, 7) is 14.4. The summed E-state index contributed by atoms with van der Waals surface area (Å²) in [7, 11) is 0. The molecule has 0 aliphatic carbocycles. The number of pyridine rings is 9. The van der Waals surface area contributed by atoms with E-state index in [1.54, 1.807) is 126 Å². The van der Waals surface area contributed by atoms with Crippen LogP contribution in [0.4, 0.5) is 128 Å². The fourth-order valence-electron chi connectivity index (χ4n) is 18.8. The molecule has 3 aromatic carbocycles. The summed E-state index contributed by atoms with van der Waals surface area (Å²) in [4.78, 5) is 110. The molecule has 0 radical (unpaired) electrons. The Morgan fingerprint density at radius 2 is 0.716 bits per heavy atom. The van der Waals surface area contributed by atoms with Crippen LogP contribution < -0.4 is 69.9 Å². The quantitative estimate of drug-likeness (QED) is 0.0417. The predicted octanol–water partition coefficient (Wildman–Crippen LogP) is 18.1. The molecule has 8 bridgehead atoms. The average Bonchev–Trinajstić information content (AvgIpc) is 0.756. The number of ether oxygens (including phenoxy) is 2. The van der Waals surface area contributed by atoms with Crippen LogP contribution in [0.3, 0.4) is 0 Å². The van der Waals surface area contributed by atoms with E-state index in [-0.39, 0.29) is 72.8 Å². The number of aliphatic hydroxyl groups is 4. The number of hydrogen-bond donors (Lipinski definition) is 8. The Bertz CT molecular complexity index is 6390. The van der Waals surface area contributed by atoms with Gasteiger partial charge in [0.15, 0.2) is 23.3 Å². The summed E-state index contributed by atoms with van der Waals surface area (Å²) in [5.41, 5.74) is 10.00. The summed E-state index contributed by atoms with van der Waals surface area (Å²) >= 11 is 0. The third-order valence-corrected chi connectivity index (χ3v) is 25.5. The van der Waals surface area contributed by atoms with Gasteiger partial charge in [-0.2, -0.15) is 49.5 Å². The summed E-state index contributed by atoms with van der Waals surface area (Å²) in [6, 6.07) is 43.6. The third-order valence-electron chi connectivity index (χ3n) is 25.5. The van der Waals surface area contributed by atoms with Crippen LogP contribution in [-0.4, -0.2) is 205 Å². The number of anilines is 12. The first-order valence-corrected chi connectivity index (χ1v) is 46.2. The van der Waals surface area contributed by atoms with Crippen LogP contribution in [0.25, 0.3) is 45.0 Å². The maximum atomic E-state index is 13.6. The number of halogens is 9. The molecule has 8 amide bonds. The van der Waals surface area contributed by atoms with Gasteiger partial charge in [0.1, 0.15) is 42.9 Å². The van der Waals surface area contributed by atoms with E-state index in [9.17, 15) is 68.9 Å². The largest absolute Gasteiger partial charge is 0.475 e. The van der Waals surface area contributed by atoms with Crippen molar-refractivity contribution >= 4 is 93.3 Å². The molecule has 4 fully saturated rings. The van der Waals surface area contributed by atoms with Crippen LogP contribution in [0, 0.1) is 34.6 Å². The SMILES string of the molecule is Cc1cc(-c2nc3c(cc2C)N2CCC[C@@H](C2)N3C(=O)Nc2cccnc2)ccn1.Cc1cc2c(nc1-c1cccc(C(F)(F)F)c1)N(C(=O)Nc1cccc(OC[C@@H](O)CO)n1)[C@H]1CCCN2C1.Cc1cc2c(nc1-c1cccc(C(F)(F)F)c1)N(C(=O)Nc1cccc(OC[C@H](O)CO)n1)[C@H]1CCCN2C1.Cc1cc2c(nc1-c1cccc(C(F)(F)F)c1)N(C(=O)Nc1ccccn1)[C@H]1CCCN2C1. The van der Waals surface area contributed by atoms with Crippen molar-refractivity contribution in [3.05, 3.63) is 245 Å². The first kappa shape index (κ1) is 97.7. The standard InChI is InChI=1S/2C27H28F3N5O4.C24H22F3N5O.C23H24N6O/c2*1-16-11-21-25(33-24(16)17-5-2-6-18(12-17)27(28,29)30)35(19-7-4-10-34(21)13-19)26(38)32-22-8-3-9-23(31-22)39-15-20(37)14-36;1-15-12-19-22(30-21(15)16-6-4-7-17(13-16)24(25,26)27)32(18-8-5-11-31(19)14-18)23(33)29-20-9-2-3-10-28-20;1-15-11-20-22(27-21(15)17-7-9-25-16(2)12-17)29(19-6-4-10-28(20)14-19)23(30)26-18-5-3-8-24-13-18/h2*2-3,5-6,8-9,11-12,19-20,36-37H,4,7,10,13-15H2,1H3,(H,31,32,38);2-4,6-7,9-10,12-13,18H,5,8,11,14H2,1H3,(H,28,29,33);3,5,7-9,11-13,19H,4,6,10,14H2,1-2H3,(H,26,30)/t19-,20+;19-,20-;18-;19-/m0000/s1. The molecule has 40 heteroatoms. The molecule has 6 atom stereocenters. The minimum Gasteiger partial charge on any atom is -0.475 e. The maximum absolute atomic E-state index is 13.6. The van der Waals surface area contributed by atoms with E-state index >= 15 is 0 Å². The van der Waals surface area contributed by atoms with E-state index in [2.05, 4.69) is 78.8 Å². The van der Waals surface area contributed by atoms with Crippen LogP contribution in [0.2, 0.25) is 0 Å².